The quantitative estimate of drug-likeness (QED) is 0.635. The van der Waals surface area contributed by atoms with Crippen LogP contribution in [0.15, 0.2) is 39.8 Å². The number of anilines is 1. The number of carbonyl (C=O) groups is 1. The van der Waals surface area contributed by atoms with E-state index in [1.165, 1.54) is 0 Å². The molecule has 0 saturated carbocycles. The van der Waals surface area contributed by atoms with Crippen LogP contribution in [-0.2, 0) is 4.79 Å². The van der Waals surface area contributed by atoms with Crippen molar-refractivity contribution in [2.24, 2.45) is 0 Å². The Bertz CT molecular complexity index is 373. The molecular weight excluding hydrogens is 336 g/mol. The minimum Gasteiger partial charge on any atom is -0.323 e. The van der Waals surface area contributed by atoms with Crippen molar-refractivity contribution in [1.29, 1.82) is 0 Å². The van der Waals surface area contributed by atoms with Crippen molar-refractivity contribution in [3.63, 3.8) is 0 Å². The monoisotopic (exact) mass is 346 g/mol. The van der Waals surface area contributed by atoms with Gasteiger partial charge in [-0.2, -0.15) is 0 Å². The lowest BCUT2D eigenvalue weighted by atomic mass is 10.3. The summed E-state index contributed by atoms with van der Waals surface area (Å²) in [7, 11) is 0. The summed E-state index contributed by atoms with van der Waals surface area (Å²) in [6, 6.07) is 5.63. The van der Waals surface area contributed by atoms with E-state index in [2.05, 4.69) is 49.1 Å². The van der Waals surface area contributed by atoms with Crippen LogP contribution in [-0.4, -0.2) is 19.0 Å². The summed E-state index contributed by atoms with van der Waals surface area (Å²) in [5, 5.41) is 5.74. The van der Waals surface area contributed by atoms with Crippen molar-refractivity contribution in [3.05, 3.63) is 39.8 Å². The maximum absolute atomic E-state index is 11.5. The second-order valence-electron chi connectivity index (χ2n) is 3.06. The molecule has 0 fully saturated rings. The van der Waals surface area contributed by atoms with Crippen molar-refractivity contribution in [1.82, 2.24) is 5.32 Å². The van der Waals surface area contributed by atoms with Gasteiger partial charge in [-0.25, -0.2) is 0 Å². The van der Waals surface area contributed by atoms with E-state index in [0.29, 0.717) is 6.54 Å². The molecule has 0 spiro atoms. The number of amides is 1. The molecule has 3 nitrogen and oxygen atoms in total. The van der Waals surface area contributed by atoms with Gasteiger partial charge in [-0.05, 0) is 44.0 Å². The Morgan fingerprint density at radius 1 is 1.38 bits per heavy atom. The summed E-state index contributed by atoms with van der Waals surface area (Å²) in [5.74, 6) is -0.0885. The lowest BCUT2D eigenvalue weighted by Crippen LogP contribution is -2.28. The molecule has 0 heterocycles. The number of nitrogens with one attached hydrogen (secondary N) is 2. The van der Waals surface area contributed by atoms with E-state index < -0.39 is 0 Å². The maximum Gasteiger partial charge on any atom is 0.238 e. The number of benzene rings is 1. The lowest BCUT2D eigenvalue weighted by Gasteiger charge is -2.09. The van der Waals surface area contributed by atoms with Crippen LogP contribution in [0.1, 0.15) is 0 Å². The first-order valence-corrected chi connectivity index (χ1v) is 6.29. The molecular formula is C11H12Br2N2O. The average molecular weight is 348 g/mol. The third kappa shape index (κ3) is 4.08. The Labute approximate surface area is 112 Å². The van der Waals surface area contributed by atoms with E-state index in [4.69, 9.17) is 0 Å². The predicted octanol–water partition coefficient (Wildman–Crippen LogP) is 2.93. The van der Waals surface area contributed by atoms with Crippen LogP contribution in [0.4, 0.5) is 5.69 Å². The van der Waals surface area contributed by atoms with Gasteiger partial charge in [0.2, 0.25) is 5.91 Å². The Kier molecular flexibility index (Phi) is 5.73. The van der Waals surface area contributed by atoms with Gasteiger partial charge in [0.15, 0.2) is 0 Å². The van der Waals surface area contributed by atoms with Gasteiger partial charge in [0.25, 0.3) is 0 Å². The van der Waals surface area contributed by atoms with Crippen LogP contribution >= 0.6 is 31.9 Å². The van der Waals surface area contributed by atoms with E-state index in [-0.39, 0.29) is 12.5 Å². The van der Waals surface area contributed by atoms with E-state index in [9.17, 15) is 4.79 Å². The third-order valence-corrected chi connectivity index (χ3v) is 3.12. The minimum absolute atomic E-state index is 0.0885. The zero-order chi connectivity index (χ0) is 12.0. The number of rotatable bonds is 5. The fraction of sp³-hybridized carbons (Fsp3) is 0.182. The Balaban J connectivity index is 2.59. The van der Waals surface area contributed by atoms with Gasteiger partial charge < -0.3 is 10.6 Å². The molecule has 0 radical (unpaired) electrons. The summed E-state index contributed by atoms with van der Waals surface area (Å²) in [5.41, 5.74) is 0.743. The van der Waals surface area contributed by atoms with Crippen molar-refractivity contribution in [2.45, 2.75) is 0 Å². The van der Waals surface area contributed by atoms with E-state index in [0.717, 1.165) is 14.6 Å². The highest BCUT2D eigenvalue weighted by Crippen LogP contribution is 2.30. The molecule has 0 unspecified atom stereocenters. The van der Waals surface area contributed by atoms with Crippen LogP contribution in [0.25, 0.3) is 0 Å². The highest BCUT2D eigenvalue weighted by Gasteiger charge is 2.07. The number of carbonyl (C=O) groups excluding carboxylic acids is 1. The molecule has 1 aromatic carbocycles. The van der Waals surface area contributed by atoms with Crippen LogP contribution in [0, 0.1) is 0 Å². The van der Waals surface area contributed by atoms with Crippen molar-refractivity contribution < 1.29 is 4.79 Å². The molecule has 5 heteroatoms. The van der Waals surface area contributed by atoms with Gasteiger partial charge in [-0.3, -0.25) is 4.79 Å². The summed E-state index contributed by atoms with van der Waals surface area (Å²) in [4.78, 5) is 11.5. The molecule has 0 aliphatic heterocycles. The van der Waals surface area contributed by atoms with Crippen LogP contribution in [0.3, 0.4) is 0 Å². The fourth-order valence-electron chi connectivity index (χ4n) is 1.09. The van der Waals surface area contributed by atoms with Crippen molar-refractivity contribution in [2.75, 3.05) is 18.4 Å². The summed E-state index contributed by atoms with van der Waals surface area (Å²) in [6.45, 7) is 4.44. The Hall–Kier alpha value is -0.650. The first-order valence-electron chi connectivity index (χ1n) is 4.70. The molecule has 16 heavy (non-hydrogen) atoms. The highest BCUT2D eigenvalue weighted by molar-refractivity contribution is 9.11. The van der Waals surface area contributed by atoms with E-state index in [1.807, 2.05) is 18.2 Å². The van der Waals surface area contributed by atoms with Crippen LogP contribution in [0.5, 0.6) is 0 Å². The zero-order valence-electron chi connectivity index (χ0n) is 8.59. The summed E-state index contributed by atoms with van der Waals surface area (Å²) in [6.07, 6.45) is 1.71. The Morgan fingerprint density at radius 2 is 2.00 bits per heavy atom. The number of halogens is 2. The Morgan fingerprint density at radius 3 is 2.56 bits per heavy atom. The highest BCUT2D eigenvalue weighted by atomic mass is 79.9. The van der Waals surface area contributed by atoms with E-state index >= 15 is 0 Å². The van der Waals surface area contributed by atoms with Gasteiger partial charge in [0, 0.05) is 15.5 Å². The molecule has 86 valence electrons. The average Bonchev–Trinajstić information content (AvgIpc) is 2.24. The smallest absolute Gasteiger partial charge is 0.238 e. The van der Waals surface area contributed by atoms with Gasteiger partial charge in [-0.1, -0.05) is 12.1 Å². The van der Waals surface area contributed by atoms with Gasteiger partial charge >= 0.3 is 0 Å². The molecule has 1 aromatic rings. The third-order valence-electron chi connectivity index (χ3n) is 1.80. The topological polar surface area (TPSA) is 41.1 Å². The number of para-hydroxylation sites is 1. The molecule has 2 N–H and O–H groups in total. The van der Waals surface area contributed by atoms with Crippen LogP contribution in [0.2, 0.25) is 0 Å². The lowest BCUT2D eigenvalue weighted by molar-refractivity contribution is -0.115. The molecule has 0 bridgehead atoms. The fourth-order valence-corrected chi connectivity index (χ4v) is 2.29. The largest absolute Gasteiger partial charge is 0.323 e. The first-order chi connectivity index (χ1) is 7.65. The number of hydrogen-bond acceptors (Lipinski definition) is 2. The molecule has 0 aromatic heterocycles. The standard InChI is InChI=1S/C11H12Br2N2O/c1-2-6-14-7-10(16)15-11-8(12)4-3-5-9(11)13/h2-5,14H,1,6-7H2,(H,15,16). The van der Waals surface area contributed by atoms with Crippen molar-refractivity contribution >= 4 is 43.5 Å². The number of hydrogen-bond donors (Lipinski definition) is 2. The minimum atomic E-state index is -0.0885. The van der Waals surface area contributed by atoms with Gasteiger partial charge in [0.05, 0.1) is 12.2 Å². The van der Waals surface area contributed by atoms with Gasteiger partial charge in [-0.15, -0.1) is 6.58 Å². The summed E-state index contributed by atoms with van der Waals surface area (Å²) >= 11 is 6.75. The zero-order valence-corrected chi connectivity index (χ0v) is 11.8. The molecule has 1 rings (SSSR count). The molecule has 0 saturated heterocycles. The molecule has 0 aliphatic carbocycles. The SMILES string of the molecule is C=CCNCC(=O)Nc1c(Br)cccc1Br. The summed E-state index contributed by atoms with van der Waals surface area (Å²) < 4.78 is 1.69. The molecule has 1 amide bonds. The van der Waals surface area contributed by atoms with Gasteiger partial charge in [0.1, 0.15) is 0 Å². The second-order valence-corrected chi connectivity index (χ2v) is 4.77. The van der Waals surface area contributed by atoms with E-state index in [1.54, 1.807) is 6.08 Å². The maximum atomic E-state index is 11.5. The molecule has 0 aliphatic rings. The normalized spacial score (nSPS) is 9.88. The molecule has 0 atom stereocenters. The predicted molar refractivity (Wildman–Crippen MR) is 73.5 cm³/mol. The van der Waals surface area contributed by atoms with Crippen LogP contribution < -0.4 is 10.6 Å². The van der Waals surface area contributed by atoms with Crippen molar-refractivity contribution in [3.8, 4) is 0 Å². The second kappa shape index (κ2) is 6.83. The first kappa shape index (κ1) is 13.4.